The number of amides is 2. The number of rotatable bonds is 7. The molecule has 0 atom stereocenters. The first-order chi connectivity index (χ1) is 12.1. The lowest BCUT2D eigenvalue weighted by Crippen LogP contribution is -2.35. The summed E-state index contributed by atoms with van der Waals surface area (Å²) in [5.41, 5.74) is 3.85. The highest BCUT2D eigenvalue weighted by Gasteiger charge is 2.06. The average Bonchev–Trinajstić information content (AvgIpc) is 2.62. The fraction of sp³-hybridized carbons (Fsp3) is 0.167. The third-order valence-electron chi connectivity index (χ3n) is 3.27. The van der Waals surface area contributed by atoms with E-state index >= 15 is 0 Å². The van der Waals surface area contributed by atoms with Gasteiger partial charge in [-0.1, -0.05) is 41.9 Å². The minimum atomic E-state index is -0.425. The van der Waals surface area contributed by atoms with Crippen LogP contribution in [0.1, 0.15) is 11.1 Å². The molecule has 130 valence electrons. The van der Waals surface area contributed by atoms with Crippen LogP contribution in [0.5, 0.6) is 5.75 Å². The van der Waals surface area contributed by atoms with Crippen LogP contribution in [0.15, 0.2) is 53.6 Å². The predicted molar refractivity (Wildman–Crippen MR) is 96.9 cm³/mol. The number of nitrogens with one attached hydrogen (secondary N) is 2. The van der Waals surface area contributed by atoms with Crippen molar-refractivity contribution >= 4 is 29.6 Å². The Bertz CT molecular complexity index is 760. The van der Waals surface area contributed by atoms with Crippen LogP contribution in [0, 0.1) is 0 Å². The number of carbonyl (C=O) groups excluding carboxylic acids is 2. The molecule has 2 amide bonds. The standard InChI is InChI=1S/C18H18ClN3O3/c1-25-15-8-6-13(7-9-15)10-17(23)20-12-18(24)22-21-11-14-4-2-3-5-16(14)19/h2-9,11H,10,12H2,1H3,(H,20,23)(H,22,24)/b21-11-. The number of methoxy groups -OCH3 is 1. The number of hydrazone groups is 1. The van der Waals surface area contributed by atoms with Crippen LogP contribution in [0.25, 0.3) is 0 Å². The number of hydrogen-bond acceptors (Lipinski definition) is 4. The van der Waals surface area contributed by atoms with Gasteiger partial charge in [-0.15, -0.1) is 0 Å². The van der Waals surface area contributed by atoms with Crippen LogP contribution < -0.4 is 15.5 Å². The highest BCUT2D eigenvalue weighted by atomic mass is 35.5. The lowest BCUT2D eigenvalue weighted by Gasteiger charge is -2.05. The summed E-state index contributed by atoms with van der Waals surface area (Å²) in [6.07, 6.45) is 1.62. The van der Waals surface area contributed by atoms with Gasteiger partial charge in [0, 0.05) is 10.6 Å². The smallest absolute Gasteiger partial charge is 0.259 e. The molecule has 0 radical (unpaired) electrons. The quantitative estimate of drug-likeness (QED) is 0.587. The lowest BCUT2D eigenvalue weighted by atomic mass is 10.1. The van der Waals surface area contributed by atoms with E-state index in [1.807, 2.05) is 6.07 Å². The molecule has 2 rings (SSSR count). The van der Waals surface area contributed by atoms with Gasteiger partial charge in [0.1, 0.15) is 5.75 Å². The fourth-order valence-corrected chi connectivity index (χ4v) is 2.15. The molecule has 0 spiro atoms. The van der Waals surface area contributed by atoms with Crippen molar-refractivity contribution in [1.29, 1.82) is 0 Å². The van der Waals surface area contributed by atoms with Crippen molar-refractivity contribution in [2.24, 2.45) is 5.10 Å². The number of halogens is 1. The molecule has 6 nitrogen and oxygen atoms in total. The Kier molecular flexibility index (Phi) is 6.98. The molecule has 2 N–H and O–H groups in total. The first kappa shape index (κ1) is 18.5. The first-order valence-electron chi connectivity index (χ1n) is 7.54. The maximum atomic E-state index is 11.8. The van der Waals surface area contributed by atoms with Crippen molar-refractivity contribution in [2.45, 2.75) is 6.42 Å². The van der Waals surface area contributed by atoms with Crippen molar-refractivity contribution in [3.63, 3.8) is 0 Å². The van der Waals surface area contributed by atoms with E-state index in [-0.39, 0.29) is 18.9 Å². The zero-order chi connectivity index (χ0) is 18.1. The molecule has 0 aromatic heterocycles. The van der Waals surface area contributed by atoms with Gasteiger partial charge in [0.15, 0.2) is 0 Å². The van der Waals surface area contributed by atoms with Gasteiger partial charge in [-0.25, -0.2) is 5.43 Å². The molecule has 2 aromatic carbocycles. The molecule has 0 aliphatic carbocycles. The van der Waals surface area contributed by atoms with Crippen LogP contribution in [0.4, 0.5) is 0 Å². The summed E-state index contributed by atoms with van der Waals surface area (Å²) >= 11 is 5.97. The Morgan fingerprint density at radius 2 is 1.84 bits per heavy atom. The van der Waals surface area contributed by atoms with Gasteiger partial charge in [0.05, 0.1) is 26.3 Å². The second-order valence-corrected chi connectivity index (χ2v) is 5.52. The summed E-state index contributed by atoms with van der Waals surface area (Å²) in [6, 6.07) is 14.3. The largest absolute Gasteiger partial charge is 0.497 e. The monoisotopic (exact) mass is 359 g/mol. The number of benzene rings is 2. The maximum Gasteiger partial charge on any atom is 0.259 e. The van der Waals surface area contributed by atoms with E-state index < -0.39 is 5.91 Å². The molecule has 25 heavy (non-hydrogen) atoms. The maximum absolute atomic E-state index is 11.8. The summed E-state index contributed by atoms with van der Waals surface area (Å²) < 4.78 is 5.05. The summed E-state index contributed by atoms with van der Waals surface area (Å²) in [5, 5.41) is 6.88. The van der Waals surface area contributed by atoms with Crippen molar-refractivity contribution in [3.05, 3.63) is 64.7 Å². The topological polar surface area (TPSA) is 79.8 Å². The van der Waals surface area contributed by atoms with Crippen molar-refractivity contribution in [2.75, 3.05) is 13.7 Å². The molecule has 0 fully saturated rings. The van der Waals surface area contributed by atoms with Gasteiger partial charge in [-0.2, -0.15) is 5.10 Å². The van der Waals surface area contributed by atoms with E-state index in [4.69, 9.17) is 16.3 Å². The summed E-state index contributed by atoms with van der Waals surface area (Å²) in [4.78, 5) is 23.5. The van der Waals surface area contributed by atoms with Crippen LogP contribution in [0.2, 0.25) is 5.02 Å². The van der Waals surface area contributed by atoms with E-state index in [0.717, 1.165) is 11.3 Å². The number of carbonyl (C=O) groups is 2. The van der Waals surface area contributed by atoms with Gasteiger partial charge in [0.25, 0.3) is 5.91 Å². The van der Waals surface area contributed by atoms with Crippen molar-refractivity contribution < 1.29 is 14.3 Å². The van der Waals surface area contributed by atoms with Crippen LogP contribution in [-0.2, 0) is 16.0 Å². The second kappa shape index (κ2) is 9.44. The van der Waals surface area contributed by atoms with Gasteiger partial charge in [0.2, 0.25) is 5.91 Å². The highest BCUT2D eigenvalue weighted by molar-refractivity contribution is 6.33. The Morgan fingerprint density at radius 1 is 1.12 bits per heavy atom. The minimum absolute atomic E-state index is 0.158. The van der Waals surface area contributed by atoms with Crippen LogP contribution in [-0.4, -0.2) is 31.7 Å². The molecule has 0 unspecified atom stereocenters. The van der Waals surface area contributed by atoms with E-state index in [9.17, 15) is 9.59 Å². The molecular formula is C18H18ClN3O3. The molecule has 0 bridgehead atoms. The third-order valence-corrected chi connectivity index (χ3v) is 3.61. The normalized spacial score (nSPS) is 10.5. The van der Waals surface area contributed by atoms with E-state index in [1.54, 1.807) is 49.6 Å². The van der Waals surface area contributed by atoms with Gasteiger partial charge >= 0.3 is 0 Å². The van der Waals surface area contributed by atoms with Crippen molar-refractivity contribution in [3.8, 4) is 5.75 Å². The van der Waals surface area contributed by atoms with E-state index in [2.05, 4.69) is 15.8 Å². The van der Waals surface area contributed by atoms with Gasteiger partial charge in [-0.3, -0.25) is 9.59 Å². The zero-order valence-electron chi connectivity index (χ0n) is 13.7. The summed E-state index contributed by atoms with van der Waals surface area (Å²) in [7, 11) is 1.58. The first-order valence-corrected chi connectivity index (χ1v) is 7.92. The van der Waals surface area contributed by atoms with Gasteiger partial charge < -0.3 is 10.1 Å². The Balaban J connectivity index is 1.73. The summed E-state index contributed by atoms with van der Waals surface area (Å²) in [6.45, 7) is -0.158. The average molecular weight is 360 g/mol. The second-order valence-electron chi connectivity index (χ2n) is 5.12. The third kappa shape index (κ3) is 6.27. The SMILES string of the molecule is COc1ccc(CC(=O)NCC(=O)N/N=C\c2ccccc2Cl)cc1. The molecule has 2 aromatic rings. The predicted octanol–water partition coefficient (Wildman–Crippen LogP) is 2.16. The molecule has 0 aliphatic rings. The highest BCUT2D eigenvalue weighted by Crippen LogP contribution is 2.12. The Morgan fingerprint density at radius 3 is 2.52 bits per heavy atom. The molecule has 0 aliphatic heterocycles. The lowest BCUT2D eigenvalue weighted by molar-refractivity contribution is -0.125. The zero-order valence-corrected chi connectivity index (χ0v) is 14.4. The summed E-state index contributed by atoms with van der Waals surface area (Å²) in [5.74, 6) is 0.0432. The molecular weight excluding hydrogens is 342 g/mol. The van der Waals surface area contributed by atoms with Gasteiger partial charge in [-0.05, 0) is 23.8 Å². The van der Waals surface area contributed by atoms with E-state index in [0.29, 0.717) is 10.6 Å². The van der Waals surface area contributed by atoms with Crippen LogP contribution >= 0.6 is 11.6 Å². The van der Waals surface area contributed by atoms with Crippen LogP contribution in [0.3, 0.4) is 0 Å². The Hall–Kier alpha value is -2.86. The fourth-order valence-electron chi connectivity index (χ4n) is 1.96. The number of nitrogens with zero attached hydrogens (tertiary/aromatic N) is 1. The number of hydrogen-bond donors (Lipinski definition) is 2. The minimum Gasteiger partial charge on any atom is -0.497 e. The number of ether oxygens (including phenoxy) is 1. The van der Waals surface area contributed by atoms with E-state index in [1.165, 1.54) is 6.21 Å². The molecule has 7 heteroatoms. The Labute approximate surface area is 150 Å². The molecule has 0 saturated heterocycles. The molecule has 0 heterocycles. The molecule has 0 saturated carbocycles. The van der Waals surface area contributed by atoms with Crippen molar-refractivity contribution in [1.82, 2.24) is 10.7 Å².